The molecule has 2 nitrogen and oxygen atoms in total. The van der Waals surface area contributed by atoms with Crippen LogP contribution in [0.1, 0.15) is 56.7 Å². The van der Waals surface area contributed by atoms with Crippen molar-refractivity contribution in [3.63, 3.8) is 0 Å². The molecular formula is C46H45N2S4+. The second-order valence-corrected chi connectivity index (χ2v) is 17.9. The van der Waals surface area contributed by atoms with E-state index in [1.807, 2.05) is 23.1 Å². The highest BCUT2D eigenvalue weighted by molar-refractivity contribution is 8.04. The van der Waals surface area contributed by atoms with Crippen LogP contribution >= 0.6 is 46.6 Å². The molecule has 262 valence electrons. The van der Waals surface area contributed by atoms with Crippen molar-refractivity contribution in [2.24, 2.45) is 5.41 Å². The Morgan fingerprint density at radius 3 is 2.13 bits per heavy atom. The van der Waals surface area contributed by atoms with Crippen LogP contribution in [0.4, 0.5) is 5.69 Å². The lowest BCUT2D eigenvalue weighted by Crippen LogP contribution is -2.33. The van der Waals surface area contributed by atoms with Gasteiger partial charge in [0.15, 0.2) is 0 Å². The molecule has 2 heterocycles. The third-order valence-electron chi connectivity index (χ3n) is 9.16. The first-order chi connectivity index (χ1) is 25.4. The second-order valence-electron chi connectivity index (χ2n) is 13.8. The lowest BCUT2D eigenvalue weighted by atomic mass is 9.75. The van der Waals surface area contributed by atoms with E-state index in [0.29, 0.717) is 0 Å². The standard InChI is InChI=1S/C46H45N2S4/c1-5-47-40-22-20-38(49-26-24-34-14-9-7-10-15-34)30-42(40)51-44(47)19-13-18-36-28-37(33-46(3,4)32-36)29-45-48(6-2)41-23-21-39(31-43(41)52-45)50-27-25-35-16-11-8-12-17-35/h7-31H,5-6,32-33H2,1-4H3/q+1. The van der Waals surface area contributed by atoms with Gasteiger partial charge in [-0.2, -0.15) is 4.57 Å². The third-order valence-corrected chi connectivity index (χ3v) is 13.0. The highest BCUT2D eigenvalue weighted by Gasteiger charge is 2.27. The summed E-state index contributed by atoms with van der Waals surface area (Å²) < 4.78 is 3.80. The molecule has 1 aliphatic heterocycles. The fraction of sp³-hybridized carbons (Fsp3) is 0.196. The molecule has 2 aliphatic rings. The zero-order chi connectivity index (χ0) is 35.9. The van der Waals surface area contributed by atoms with Gasteiger partial charge in [0.25, 0.3) is 5.01 Å². The second kappa shape index (κ2) is 16.8. The van der Waals surface area contributed by atoms with E-state index in [4.69, 9.17) is 0 Å². The van der Waals surface area contributed by atoms with Gasteiger partial charge < -0.3 is 4.90 Å². The van der Waals surface area contributed by atoms with Crippen LogP contribution in [0.5, 0.6) is 0 Å². The van der Waals surface area contributed by atoms with Crippen LogP contribution in [0.15, 0.2) is 163 Å². The number of hydrogen-bond acceptors (Lipinski definition) is 5. The van der Waals surface area contributed by atoms with Crippen LogP contribution < -0.4 is 9.47 Å². The number of fused-ring (bicyclic) bond motifs is 2. The molecule has 7 rings (SSSR count). The highest BCUT2D eigenvalue weighted by atomic mass is 32.2. The van der Waals surface area contributed by atoms with Gasteiger partial charge in [0.1, 0.15) is 11.2 Å². The molecule has 1 aromatic heterocycles. The zero-order valence-corrected chi connectivity index (χ0v) is 33.6. The van der Waals surface area contributed by atoms with Crippen LogP contribution in [0.3, 0.4) is 0 Å². The zero-order valence-electron chi connectivity index (χ0n) is 30.3. The van der Waals surface area contributed by atoms with Gasteiger partial charge in [-0.3, -0.25) is 0 Å². The maximum atomic E-state index is 2.47. The maximum Gasteiger partial charge on any atom is 0.263 e. The fourth-order valence-corrected chi connectivity index (χ4v) is 10.8. The largest absolute Gasteiger partial charge is 0.335 e. The molecule has 0 saturated carbocycles. The van der Waals surface area contributed by atoms with Crippen molar-refractivity contribution in [1.82, 2.24) is 0 Å². The van der Waals surface area contributed by atoms with Gasteiger partial charge in [0.05, 0.1) is 10.7 Å². The number of thioether (sulfide) groups is 3. The topological polar surface area (TPSA) is 7.12 Å². The molecule has 0 atom stereocenters. The lowest BCUT2D eigenvalue weighted by molar-refractivity contribution is -0.665. The molecule has 0 amide bonds. The molecule has 1 aliphatic carbocycles. The average molecular weight is 754 g/mol. The van der Waals surface area contributed by atoms with Crippen molar-refractivity contribution in [2.75, 3.05) is 11.4 Å². The Hall–Kier alpha value is -3.94. The molecule has 0 radical (unpaired) electrons. The van der Waals surface area contributed by atoms with Crippen LogP contribution in [0, 0.1) is 5.41 Å². The van der Waals surface area contributed by atoms with Crippen molar-refractivity contribution < 1.29 is 4.57 Å². The summed E-state index contributed by atoms with van der Waals surface area (Å²) in [5.41, 5.74) is 8.05. The SMILES string of the molecule is CCN1C(=CC=CC2=CC(=Cc3sc4cc(SC=Cc5ccccc5)ccc4[n+]3CC)CC(C)(C)C2)Sc2cc(SC=Cc3ccccc3)ccc21. The van der Waals surface area contributed by atoms with Crippen LogP contribution in [0.25, 0.3) is 28.4 Å². The molecule has 5 aromatic rings. The van der Waals surface area contributed by atoms with Gasteiger partial charge in [-0.1, -0.05) is 139 Å². The summed E-state index contributed by atoms with van der Waals surface area (Å²) in [5.74, 6) is 0. The fourth-order valence-electron chi connectivity index (χ4n) is 6.83. The van der Waals surface area contributed by atoms with E-state index in [-0.39, 0.29) is 5.41 Å². The number of anilines is 1. The predicted octanol–water partition coefficient (Wildman–Crippen LogP) is 13.9. The van der Waals surface area contributed by atoms with Gasteiger partial charge in [-0.25, -0.2) is 0 Å². The number of allylic oxidation sites excluding steroid dienone is 6. The number of hydrogen-bond donors (Lipinski definition) is 0. The minimum Gasteiger partial charge on any atom is -0.335 e. The molecule has 0 spiro atoms. The predicted molar refractivity (Wildman–Crippen MR) is 232 cm³/mol. The van der Waals surface area contributed by atoms with E-state index >= 15 is 0 Å². The smallest absolute Gasteiger partial charge is 0.263 e. The van der Waals surface area contributed by atoms with E-state index in [9.17, 15) is 0 Å². The van der Waals surface area contributed by atoms with Crippen molar-refractivity contribution in [2.45, 2.75) is 61.8 Å². The van der Waals surface area contributed by atoms with Gasteiger partial charge in [0, 0.05) is 33.4 Å². The van der Waals surface area contributed by atoms with Crippen LogP contribution in [0.2, 0.25) is 0 Å². The molecule has 0 unspecified atom stereocenters. The van der Waals surface area contributed by atoms with E-state index in [1.165, 1.54) is 62.9 Å². The number of aromatic nitrogens is 1. The highest BCUT2D eigenvalue weighted by Crippen LogP contribution is 2.47. The number of rotatable bonds is 11. The molecule has 0 bridgehead atoms. The van der Waals surface area contributed by atoms with Crippen LogP contribution in [-0.2, 0) is 6.54 Å². The summed E-state index contributed by atoms with van der Waals surface area (Å²) in [6.07, 6.45) is 18.3. The van der Waals surface area contributed by atoms with Gasteiger partial charge in [0.2, 0.25) is 5.52 Å². The Bertz CT molecular complexity index is 2220. The number of thiazole rings is 1. The normalized spacial score (nSPS) is 17.4. The van der Waals surface area contributed by atoms with Crippen molar-refractivity contribution in [1.29, 1.82) is 0 Å². The van der Waals surface area contributed by atoms with E-state index < -0.39 is 0 Å². The first-order valence-electron chi connectivity index (χ1n) is 18.0. The minimum absolute atomic E-state index is 0.201. The summed E-state index contributed by atoms with van der Waals surface area (Å²) >= 11 is 7.32. The van der Waals surface area contributed by atoms with Crippen LogP contribution in [-0.4, -0.2) is 6.54 Å². The summed E-state index contributed by atoms with van der Waals surface area (Å²) in [5, 5.41) is 6.97. The number of benzene rings is 4. The van der Waals surface area contributed by atoms with Gasteiger partial charge in [-0.05, 0) is 114 Å². The van der Waals surface area contributed by atoms with Crippen molar-refractivity contribution in [3.05, 3.63) is 164 Å². The van der Waals surface area contributed by atoms with E-state index in [0.717, 1.165) is 25.9 Å². The summed E-state index contributed by atoms with van der Waals surface area (Å²) in [6, 6.07) is 34.7. The van der Waals surface area contributed by atoms with Gasteiger partial charge >= 0.3 is 0 Å². The minimum atomic E-state index is 0.201. The third kappa shape index (κ3) is 8.98. The summed E-state index contributed by atoms with van der Waals surface area (Å²) in [6.45, 7) is 11.2. The molecule has 0 N–H and O–H groups in total. The Morgan fingerprint density at radius 2 is 1.46 bits per heavy atom. The molecular weight excluding hydrogens is 709 g/mol. The summed E-state index contributed by atoms with van der Waals surface area (Å²) in [7, 11) is 0. The summed E-state index contributed by atoms with van der Waals surface area (Å²) in [4.78, 5) is 6.28. The molecule has 52 heavy (non-hydrogen) atoms. The first kappa shape index (κ1) is 36.4. The molecule has 4 aromatic carbocycles. The van der Waals surface area contributed by atoms with Crippen molar-refractivity contribution in [3.8, 4) is 0 Å². The lowest BCUT2D eigenvalue weighted by Gasteiger charge is -2.30. The average Bonchev–Trinajstić information content (AvgIpc) is 3.67. The Balaban J connectivity index is 1.07. The Morgan fingerprint density at radius 1 is 0.788 bits per heavy atom. The monoisotopic (exact) mass is 753 g/mol. The maximum absolute atomic E-state index is 2.47. The Labute approximate surface area is 326 Å². The number of nitrogens with zero attached hydrogens (tertiary/aromatic N) is 2. The Kier molecular flexibility index (Phi) is 11.8. The van der Waals surface area contributed by atoms with Gasteiger partial charge in [-0.15, -0.1) is 0 Å². The molecule has 0 saturated heterocycles. The van der Waals surface area contributed by atoms with E-state index in [1.54, 1.807) is 23.5 Å². The van der Waals surface area contributed by atoms with Crippen molar-refractivity contribution >= 4 is 80.8 Å². The first-order valence-corrected chi connectivity index (χ1v) is 21.4. The van der Waals surface area contributed by atoms with E-state index in [2.05, 4.69) is 188 Å². The number of aryl methyl sites for hydroxylation is 1. The quantitative estimate of drug-likeness (QED) is 0.0979. The molecule has 6 heteroatoms. The molecule has 0 fully saturated rings.